The molecule has 0 radical (unpaired) electrons. The van der Waals surface area contributed by atoms with E-state index in [1.165, 1.54) is 0 Å². The predicted molar refractivity (Wildman–Crippen MR) is 68.7 cm³/mol. The fraction of sp³-hybridized carbons (Fsp3) is 0.727. The van der Waals surface area contributed by atoms with Crippen molar-refractivity contribution in [2.24, 2.45) is 5.92 Å². The quantitative estimate of drug-likeness (QED) is 0.597. The van der Waals surface area contributed by atoms with Crippen LogP contribution in [0.3, 0.4) is 0 Å². The number of nitro groups is 1. The Labute approximate surface area is 106 Å². The maximum absolute atomic E-state index is 11.1. The summed E-state index contributed by atoms with van der Waals surface area (Å²) in [5.74, 6) is 0.438. The molecule has 1 unspecified atom stereocenters. The van der Waals surface area contributed by atoms with E-state index in [9.17, 15) is 10.1 Å². The molecule has 0 saturated heterocycles. The number of aliphatic hydroxyl groups excluding tert-OH is 1. The van der Waals surface area contributed by atoms with Gasteiger partial charge in [-0.2, -0.15) is 5.10 Å². The lowest BCUT2D eigenvalue weighted by molar-refractivity contribution is -0.384. The monoisotopic (exact) mass is 256 g/mol. The normalized spacial score (nSPS) is 12.8. The van der Waals surface area contributed by atoms with Gasteiger partial charge in [-0.1, -0.05) is 6.92 Å². The summed E-state index contributed by atoms with van der Waals surface area (Å²) >= 11 is 0. The standard InChI is InChI=1S/C11H20N4O3/c1-7(2)14-11(12-5-8(3)6-16)10(15(17)18)9(4)13-14/h7-8,12,16H,5-6H2,1-4H3. The zero-order valence-corrected chi connectivity index (χ0v) is 11.2. The molecule has 0 aliphatic carbocycles. The molecule has 0 aromatic carbocycles. The van der Waals surface area contributed by atoms with E-state index in [0.717, 1.165) is 0 Å². The molecule has 0 bridgehead atoms. The van der Waals surface area contributed by atoms with Gasteiger partial charge in [-0.3, -0.25) is 10.1 Å². The first-order valence-corrected chi connectivity index (χ1v) is 5.96. The van der Waals surface area contributed by atoms with Crippen molar-refractivity contribution in [3.63, 3.8) is 0 Å². The third-order valence-corrected chi connectivity index (χ3v) is 2.66. The number of hydrogen-bond acceptors (Lipinski definition) is 5. The van der Waals surface area contributed by atoms with Crippen LogP contribution in [0.15, 0.2) is 0 Å². The number of rotatable bonds is 6. The second kappa shape index (κ2) is 5.81. The van der Waals surface area contributed by atoms with Gasteiger partial charge in [0.1, 0.15) is 5.69 Å². The highest BCUT2D eigenvalue weighted by atomic mass is 16.6. The zero-order chi connectivity index (χ0) is 13.9. The van der Waals surface area contributed by atoms with Crippen LogP contribution in [0.4, 0.5) is 11.5 Å². The zero-order valence-electron chi connectivity index (χ0n) is 11.2. The number of aryl methyl sites for hydroxylation is 1. The molecule has 0 spiro atoms. The van der Waals surface area contributed by atoms with Gasteiger partial charge in [0.25, 0.3) is 0 Å². The molecule has 7 nitrogen and oxygen atoms in total. The van der Waals surface area contributed by atoms with Crippen molar-refractivity contribution in [3.05, 3.63) is 15.8 Å². The summed E-state index contributed by atoms with van der Waals surface area (Å²) in [6, 6.07) is 0.0318. The summed E-state index contributed by atoms with van der Waals surface area (Å²) < 4.78 is 1.61. The smallest absolute Gasteiger partial charge is 0.333 e. The van der Waals surface area contributed by atoms with Crippen LogP contribution in [0.1, 0.15) is 32.5 Å². The summed E-state index contributed by atoms with van der Waals surface area (Å²) in [6.07, 6.45) is 0. The van der Waals surface area contributed by atoms with Crippen LogP contribution >= 0.6 is 0 Å². The van der Waals surface area contributed by atoms with E-state index in [1.807, 2.05) is 20.8 Å². The van der Waals surface area contributed by atoms with Gasteiger partial charge in [-0.05, 0) is 26.7 Å². The van der Waals surface area contributed by atoms with Crippen molar-refractivity contribution in [3.8, 4) is 0 Å². The second-order valence-electron chi connectivity index (χ2n) is 4.75. The van der Waals surface area contributed by atoms with E-state index in [0.29, 0.717) is 18.1 Å². The molecule has 0 aliphatic heterocycles. The van der Waals surface area contributed by atoms with Crippen LogP contribution in [-0.4, -0.2) is 33.0 Å². The van der Waals surface area contributed by atoms with Crippen molar-refractivity contribution in [1.29, 1.82) is 0 Å². The van der Waals surface area contributed by atoms with Gasteiger partial charge < -0.3 is 10.4 Å². The van der Waals surface area contributed by atoms with E-state index < -0.39 is 4.92 Å². The first-order valence-electron chi connectivity index (χ1n) is 5.96. The summed E-state index contributed by atoms with van der Waals surface area (Å²) in [5.41, 5.74) is 0.404. The SMILES string of the molecule is Cc1nn(C(C)C)c(NCC(C)CO)c1[N+](=O)[O-]. The molecule has 0 fully saturated rings. The minimum Gasteiger partial charge on any atom is -0.396 e. The molecule has 0 aliphatic rings. The Balaban J connectivity index is 3.08. The Bertz CT molecular complexity index is 428. The minimum atomic E-state index is -0.423. The summed E-state index contributed by atoms with van der Waals surface area (Å²) in [5, 5.41) is 27.2. The maximum Gasteiger partial charge on any atom is 0.333 e. The molecule has 1 aromatic heterocycles. The van der Waals surface area contributed by atoms with Crippen LogP contribution < -0.4 is 5.32 Å². The number of aromatic nitrogens is 2. The third-order valence-electron chi connectivity index (χ3n) is 2.66. The first kappa shape index (κ1) is 14.4. The highest BCUT2D eigenvalue weighted by Gasteiger charge is 2.26. The molecular weight excluding hydrogens is 236 g/mol. The molecule has 7 heteroatoms. The van der Waals surface area contributed by atoms with Crippen LogP contribution in [0.25, 0.3) is 0 Å². The Morgan fingerprint density at radius 3 is 2.56 bits per heavy atom. The molecule has 1 atom stereocenters. The Hall–Kier alpha value is -1.63. The molecule has 1 heterocycles. The van der Waals surface area contributed by atoms with Gasteiger partial charge in [-0.15, -0.1) is 0 Å². The van der Waals surface area contributed by atoms with Gasteiger partial charge in [0.15, 0.2) is 0 Å². The Morgan fingerprint density at radius 2 is 2.11 bits per heavy atom. The molecule has 2 N–H and O–H groups in total. The molecular formula is C11H20N4O3. The van der Waals surface area contributed by atoms with Crippen molar-refractivity contribution >= 4 is 11.5 Å². The van der Waals surface area contributed by atoms with E-state index in [1.54, 1.807) is 11.6 Å². The Kier molecular flexibility index (Phi) is 4.66. The number of nitrogens with one attached hydrogen (secondary N) is 1. The predicted octanol–water partition coefficient (Wildman–Crippen LogP) is 1.72. The van der Waals surface area contributed by atoms with Crippen LogP contribution in [0, 0.1) is 23.0 Å². The van der Waals surface area contributed by atoms with Crippen molar-refractivity contribution in [1.82, 2.24) is 9.78 Å². The average molecular weight is 256 g/mol. The molecule has 18 heavy (non-hydrogen) atoms. The van der Waals surface area contributed by atoms with Crippen LogP contribution in [-0.2, 0) is 0 Å². The minimum absolute atomic E-state index is 0.00818. The summed E-state index contributed by atoms with van der Waals surface area (Å²) in [7, 11) is 0. The molecule has 1 aromatic rings. The number of nitrogens with zero attached hydrogens (tertiary/aromatic N) is 3. The van der Waals surface area contributed by atoms with Gasteiger partial charge in [0, 0.05) is 19.2 Å². The highest BCUT2D eigenvalue weighted by Crippen LogP contribution is 2.30. The summed E-state index contributed by atoms with van der Waals surface area (Å²) in [6.45, 7) is 7.82. The van der Waals surface area contributed by atoms with Gasteiger partial charge >= 0.3 is 5.69 Å². The second-order valence-corrected chi connectivity index (χ2v) is 4.75. The maximum atomic E-state index is 11.1. The van der Waals surface area contributed by atoms with Crippen LogP contribution in [0.5, 0.6) is 0 Å². The average Bonchev–Trinajstić information content (AvgIpc) is 2.63. The number of anilines is 1. The third kappa shape index (κ3) is 2.98. The molecule has 102 valence electrons. The lowest BCUT2D eigenvalue weighted by Gasteiger charge is -2.14. The lowest BCUT2D eigenvalue weighted by atomic mass is 10.2. The molecule has 0 amide bonds. The van der Waals surface area contributed by atoms with Crippen molar-refractivity contribution < 1.29 is 10.0 Å². The topological polar surface area (TPSA) is 93.2 Å². The van der Waals surface area contributed by atoms with E-state index in [4.69, 9.17) is 5.11 Å². The van der Waals surface area contributed by atoms with Crippen molar-refractivity contribution in [2.45, 2.75) is 33.7 Å². The molecule has 1 rings (SSSR count). The molecule has 0 saturated carbocycles. The lowest BCUT2D eigenvalue weighted by Crippen LogP contribution is -2.18. The highest BCUT2D eigenvalue weighted by molar-refractivity contribution is 5.59. The van der Waals surface area contributed by atoms with Gasteiger partial charge in [0.2, 0.25) is 5.82 Å². The van der Waals surface area contributed by atoms with Gasteiger partial charge in [-0.25, -0.2) is 4.68 Å². The first-order chi connectivity index (χ1) is 8.38. The van der Waals surface area contributed by atoms with E-state index in [-0.39, 0.29) is 24.3 Å². The fourth-order valence-electron chi connectivity index (χ4n) is 1.63. The summed E-state index contributed by atoms with van der Waals surface area (Å²) in [4.78, 5) is 10.6. The van der Waals surface area contributed by atoms with E-state index >= 15 is 0 Å². The van der Waals surface area contributed by atoms with E-state index in [2.05, 4.69) is 10.4 Å². The number of hydrogen-bond donors (Lipinski definition) is 2. The largest absolute Gasteiger partial charge is 0.396 e. The fourth-order valence-corrected chi connectivity index (χ4v) is 1.63. The van der Waals surface area contributed by atoms with Crippen LogP contribution in [0.2, 0.25) is 0 Å². The number of aliphatic hydroxyl groups is 1. The van der Waals surface area contributed by atoms with Crippen molar-refractivity contribution in [2.75, 3.05) is 18.5 Å². The van der Waals surface area contributed by atoms with Gasteiger partial charge in [0.05, 0.1) is 4.92 Å². The Morgan fingerprint density at radius 1 is 1.50 bits per heavy atom.